The van der Waals surface area contributed by atoms with E-state index in [-0.39, 0.29) is 0 Å². The molecule has 10 rings (SSSR count). The van der Waals surface area contributed by atoms with Crippen molar-refractivity contribution in [2.24, 2.45) is 0 Å². The molecule has 3 heteroatoms. The summed E-state index contributed by atoms with van der Waals surface area (Å²) < 4.78 is 4.96. The van der Waals surface area contributed by atoms with Gasteiger partial charge in [-0.3, -0.25) is 0 Å². The van der Waals surface area contributed by atoms with E-state index in [0.717, 1.165) is 0 Å². The summed E-state index contributed by atoms with van der Waals surface area (Å²) >= 11 is 0. The van der Waals surface area contributed by atoms with Crippen LogP contribution in [0.25, 0.3) is 77.2 Å². The van der Waals surface area contributed by atoms with Gasteiger partial charge in [-0.1, -0.05) is 122 Å². The second-order valence-electron chi connectivity index (χ2n) is 13.3. The van der Waals surface area contributed by atoms with E-state index in [2.05, 4.69) is 180 Å². The highest BCUT2D eigenvalue weighted by Crippen LogP contribution is 2.44. The molecular formula is C44H32N2Si. The van der Waals surface area contributed by atoms with Gasteiger partial charge in [0.1, 0.15) is 8.07 Å². The molecule has 2 nitrogen and oxygen atoms in total. The van der Waals surface area contributed by atoms with Gasteiger partial charge in [0.05, 0.1) is 22.1 Å². The molecule has 0 bridgehead atoms. The van der Waals surface area contributed by atoms with Crippen LogP contribution in [0.15, 0.2) is 158 Å². The summed E-state index contributed by atoms with van der Waals surface area (Å²) in [5.74, 6) is 0. The lowest BCUT2D eigenvalue weighted by molar-refractivity contribution is 1.18. The molecule has 222 valence electrons. The van der Waals surface area contributed by atoms with Gasteiger partial charge in [-0.25, -0.2) is 0 Å². The molecule has 0 spiro atoms. The predicted octanol–water partition coefficient (Wildman–Crippen LogP) is 10.4. The first-order valence-corrected chi connectivity index (χ1v) is 19.5. The van der Waals surface area contributed by atoms with Gasteiger partial charge in [-0.2, -0.15) is 0 Å². The van der Waals surface area contributed by atoms with Gasteiger partial charge in [0.15, 0.2) is 0 Å². The fourth-order valence-electron chi connectivity index (χ4n) is 8.46. The zero-order valence-corrected chi connectivity index (χ0v) is 27.4. The van der Waals surface area contributed by atoms with Crippen LogP contribution in [-0.2, 0) is 0 Å². The van der Waals surface area contributed by atoms with Crippen molar-refractivity contribution in [2.45, 2.75) is 13.1 Å². The maximum Gasteiger partial charge on any atom is 0.116 e. The van der Waals surface area contributed by atoms with Crippen molar-refractivity contribution in [3.63, 3.8) is 0 Å². The average molecular weight is 617 g/mol. The number of benzene rings is 7. The Morgan fingerprint density at radius 1 is 0.426 bits per heavy atom. The van der Waals surface area contributed by atoms with Crippen LogP contribution < -0.4 is 10.4 Å². The second kappa shape index (κ2) is 9.68. The molecule has 0 fully saturated rings. The Hall–Kier alpha value is -5.64. The summed E-state index contributed by atoms with van der Waals surface area (Å²) in [7, 11) is -2.11. The molecule has 0 radical (unpaired) electrons. The molecule has 0 saturated carbocycles. The third-order valence-corrected chi connectivity index (χ3v) is 14.0. The van der Waals surface area contributed by atoms with Gasteiger partial charge in [0.2, 0.25) is 0 Å². The van der Waals surface area contributed by atoms with E-state index in [9.17, 15) is 0 Å². The van der Waals surface area contributed by atoms with E-state index >= 15 is 0 Å². The van der Waals surface area contributed by atoms with E-state index in [1.54, 1.807) is 0 Å². The Labute approximate surface area is 274 Å². The number of hydrogen-bond donors (Lipinski definition) is 0. The highest BCUT2D eigenvalue weighted by Gasteiger charge is 2.42. The third kappa shape index (κ3) is 3.60. The van der Waals surface area contributed by atoms with Crippen LogP contribution >= 0.6 is 0 Å². The van der Waals surface area contributed by atoms with E-state index in [1.807, 2.05) is 0 Å². The topological polar surface area (TPSA) is 9.86 Å². The minimum absolute atomic E-state index is 1.18. The molecule has 0 atom stereocenters. The van der Waals surface area contributed by atoms with Crippen LogP contribution in [0.4, 0.5) is 0 Å². The average Bonchev–Trinajstić information content (AvgIpc) is 3.72. The standard InChI is InChI=1S/C44H32N2Si/c1-47(2)41-24-14-11-21-35(41)42-36(28-37-33-20-10-13-23-39(33)46(43(37)44(42)47)31-17-7-4-8-18-31)29-25-26-34-32-19-9-12-22-38(32)45(40(34)27-29)30-15-5-3-6-16-30/h3-28H,1-2H3. The number of hydrogen-bond acceptors (Lipinski definition) is 0. The molecule has 0 saturated heterocycles. The van der Waals surface area contributed by atoms with Crippen molar-refractivity contribution in [3.8, 4) is 33.6 Å². The molecule has 2 aromatic heterocycles. The molecule has 0 N–H and O–H groups in total. The predicted molar refractivity (Wildman–Crippen MR) is 203 cm³/mol. The molecule has 0 amide bonds. The minimum atomic E-state index is -2.11. The molecule has 1 aliphatic heterocycles. The van der Waals surface area contributed by atoms with E-state index < -0.39 is 8.07 Å². The van der Waals surface area contributed by atoms with Crippen LogP contribution in [0.2, 0.25) is 13.1 Å². The highest BCUT2D eigenvalue weighted by molar-refractivity contribution is 7.05. The van der Waals surface area contributed by atoms with Crippen molar-refractivity contribution in [2.75, 3.05) is 0 Å². The van der Waals surface area contributed by atoms with Crippen molar-refractivity contribution in [1.82, 2.24) is 9.13 Å². The monoisotopic (exact) mass is 616 g/mol. The molecule has 7 aromatic carbocycles. The lowest BCUT2D eigenvalue weighted by Crippen LogP contribution is -2.50. The number of rotatable bonds is 3. The van der Waals surface area contributed by atoms with Crippen LogP contribution in [-0.4, -0.2) is 17.2 Å². The van der Waals surface area contributed by atoms with Gasteiger partial charge < -0.3 is 9.13 Å². The Bertz CT molecular complexity index is 2690. The largest absolute Gasteiger partial charge is 0.309 e. The SMILES string of the molecule is C[Si]1(C)c2ccccc2-c2c(-c3ccc4c5ccccc5n(-c5ccccc5)c4c3)cc3c4ccccc4n(-c4ccccc4)c3c21. The van der Waals surface area contributed by atoms with Crippen molar-refractivity contribution >= 4 is 62.1 Å². The first kappa shape index (κ1) is 26.6. The van der Waals surface area contributed by atoms with Crippen molar-refractivity contribution < 1.29 is 0 Å². The normalized spacial score (nSPS) is 13.5. The van der Waals surface area contributed by atoms with E-state index in [1.165, 1.54) is 87.6 Å². The Morgan fingerprint density at radius 2 is 0.979 bits per heavy atom. The van der Waals surface area contributed by atoms with Crippen LogP contribution in [0, 0.1) is 0 Å². The van der Waals surface area contributed by atoms with Crippen LogP contribution in [0.3, 0.4) is 0 Å². The maximum atomic E-state index is 2.55. The van der Waals surface area contributed by atoms with Gasteiger partial charge >= 0.3 is 0 Å². The molecule has 0 aliphatic carbocycles. The van der Waals surface area contributed by atoms with Gasteiger partial charge in [0, 0.05) is 32.9 Å². The van der Waals surface area contributed by atoms with Crippen molar-refractivity contribution in [1.29, 1.82) is 0 Å². The quantitative estimate of drug-likeness (QED) is 0.175. The molecular weight excluding hydrogens is 585 g/mol. The summed E-state index contributed by atoms with van der Waals surface area (Å²) in [5.41, 5.74) is 12.9. The van der Waals surface area contributed by atoms with E-state index in [4.69, 9.17) is 0 Å². The molecule has 1 aliphatic rings. The Morgan fingerprint density at radius 3 is 1.70 bits per heavy atom. The maximum absolute atomic E-state index is 2.55. The highest BCUT2D eigenvalue weighted by atomic mass is 28.3. The molecule has 47 heavy (non-hydrogen) atoms. The summed E-state index contributed by atoms with van der Waals surface area (Å²) in [6, 6.07) is 58.3. The minimum Gasteiger partial charge on any atom is -0.309 e. The summed E-state index contributed by atoms with van der Waals surface area (Å²) in [5, 5.41) is 8.25. The van der Waals surface area contributed by atoms with Crippen LogP contribution in [0.5, 0.6) is 0 Å². The number of nitrogens with zero attached hydrogens (tertiary/aromatic N) is 2. The second-order valence-corrected chi connectivity index (χ2v) is 17.6. The lowest BCUT2D eigenvalue weighted by atomic mass is 9.92. The smallest absolute Gasteiger partial charge is 0.116 e. The fourth-order valence-corrected chi connectivity index (χ4v) is 11.9. The number of para-hydroxylation sites is 4. The zero-order valence-electron chi connectivity index (χ0n) is 26.4. The fraction of sp³-hybridized carbons (Fsp3) is 0.0455. The summed E-state index contributed by atoms with van der Waals surface area (Å²) in [6.07, 6.45) is 0. The number of fused-ring (bicyclic) bond motifs is 10. The van der Waals surface area contributed by atoms with Crippen LogP contribution in [0.1, 0.15) is 0 Å². The van der Waals surface area contributed by atoms with Gasteiger partial charge in [0.25, 0.3) is 0 Å². The first-order valence-electron chi connectivity index (χ1n) is 16.5. The first-order chi connectivity index (χ1) is 23.1. The Kier molecular flexibility index (Phi) is 5.47. The van der Waals surface area contributed by atoms with Gasteiger partial charge in [-0.15, -0.1) is 0 Å². The van der Waals surface area contributed by atoms with Gasteiger partial charge in [-0.05, 0) is 81.2 Å². The lowest BCUT2D eigenvalue weighted by Gasteiger charge is -2.22. The number of aromatic nitrogens is 2. The third-order valence-electron chi connectivity index (χ3n) is 10.5. The molecule has 3 heterocycles. The summed E-state index contributed by atoms with van der Waals surface area (Å²) in [6.45, 7) is 5.09. The Balaban J connectivity index is 1.37. The van der Waals surface area contributed by atoms with E-state index in [0.29, 0.717) is 0 Å². The molecule has 9 aromatic rings. The zero-order chi connectivity index (χ0) is 31.3. The molecule has 0 unspecified atom stereocenters. The van der Waals surface area contributed by atoms with Crippen molar-refractivity contribution in [3.05, 3.63) is 158 Å². The summed E-state index contributed by atoms with van der Waals surface area (Å²) in [4.78, 5) is 0.